The first-order chi connectivity index (χ1) is 6.67. The average Bonchev–Trinajstić information content (AvgIpc) is 2.17. The number of nitrogens with two attached hydrogens (primary N) is 1. The van der Waals surface area contributed by atoms with Gasteiger partial charge in [-0.05, 0) is 6.92 Å². The highest BCUT2D eigenvalue weighted by atomic mass is 16.6. The van der Waals surface area contributed by atoms with Gasteiger partial charge in [-0.15, -0.1) is 0 Å². The Bertz CT molecular complexity index is 341. The summed E-state index contributed by atoms with van der Waals surface area (Å²) in [5.41, 5.74) is 2.73. The molecule has 0 saturated heterocycles. The third kappa shape index (κ3) is 2.33. The van der Waals surface area contributed by atoms with Crippen LogP contribution in [0.1, 0.15) is 6.92 Å². The molecule has 6 heteroatoms. The van der Waals surface area contributed by atoms with Gasteiger partial charge in [0.05, 0.1) is 23.3 Å². The van der Waals surface area contributed by atoms with Gasteiger partial charge in [-0.1, -0.05) is 0 Å². The molecule has 1 aromatic rings. The highest BCUT2D eigenvalue weighted by Gasteiger charge is 2.09. The summed E-state index contributed by atoms with van der Waals surface area (Å²) in [5.74, 6) is 5.58. The van der Waals surface area contributed by atoms with Crippen LogP contribution in [-0.2, 0) is 0 Å². The zero-order valence-corrected chi connectivity index (χ0v) is 7.69. The lowest BCUT2D eigenvalue weighted by Crippen LogP contribution is -2.07. The summed E-state index contributed by atoms with van der Waals surface area (Å²) in [6.07, 6.45) is 0. The molecule has 0 bridgehead atoms. The van der Waals surface area contributed by atoms with Crippen molar-refractivity contribution in [2.75, 3.05) is 12.0 Å². The lowest BCUT2D eigenvalue weighted by atomic mass is 10.2. The Morgan fingerprint density at radius 1 is 1.57 bits per heavy atom. The quantitative estimate of drug-likeness (QED) is 0.431. The van der Waals surface area contributed by atoms with E-state index in [1.54, 1.807) is 13.0 Å². The monoisotopic (exact) mass is 197 g/mol. The second kappa shape index (κ2) is 4.43. The second-order valence-electron chi connectivity index (χ2n) is 2.55. The first-order valence-electron chi connectivity index (χ1n) is 4.06. The van der Waals surface area contributed by atoms with Gasteiger partial charge in [-0.2, -0.15) is 0 Å². The first kappa shape index (κ1) is 10.3. The Morgan fingerprint density at radius 2 is 2.29 bits per heavy atom. The van der Waals surface area contributed by atoms with Gasteiger partial charge >= 0.3 is 0 Å². The first-order valence-corrected chi connectivity index (χ1v) is 4.06. The van der Waals surface area contributed by atoms with Crippen LogP contribution in [-0.4, -0.2) is 11.5 Å². The number of rotatable bonds is 4. The van der Waals surface area contributed by atoms with Crippen LogP contribution < -0.4 is 16.0 Å². The van der Waals surface area contributed by atoms with Gasteiger partial charge in [0.1, 0.15) is 5.75 Å². The summed E-state index contributed by atoms with van der Waals surface area (Å²) in [7, 11) is 0. The maximum absolute atomic E-state index is 10.5. The smallest absolute Gasteiger partial charge is 0.275 e. The summed E-state index contributed by atoms with van der Waals surface area (Å²) < 4.78 is 5.14. The second-order valence-corrected chi connectivity index (χ2v) is 2.55. The number of hydrogen-bond acceptors (Lipinski definition) is 5. The number of hydrazine groups is 1. The number of nitrogen functional groups attached to an aromatic ring is 1. The maximum atomic E-state index is 10.5. The molecule has 0 spiro atoms. The predicted molar refractivity (Wildman–Crippen MR) is 52.1 cm³/mol. The molecule has 0 amide bonds. The van der Waals surface area contributed by atoms with Crippen molar-refractivity contribution in [2.24, 2.45) is 5.84 Å². The van der Waals surface area contributed by atoms with Crippen LogP contribution in [0.4, 0.5) is 11.4 Å². The summed E-state index contributed by atoms with van der Waals surface area (Å²) >= 11 is 0. The zero-order chi connectivity index (χ0) is 10.6. The number of nitro groups is 1. The van der Waals surface area contributed by atoms with Crippen LogP contribution in [0.15, 0.2) is 18.2 Å². The van der Waals surface area contributed by atoms with E-state index < -0.39 is 4.92 Å². The van der Waals surface area contributed by atoms with Crippen molar-refractivity contribution in [2.45, 2.75) is 6.92 Å². The van der Waals surface area contributed by atoms with Crippen molar-refractivity contribution in [1.82, 2.24) is 0 Å². The summed E-state index contributed by atoms with van der Waals surface area (Å²) in [4.78, 5) is 10.0. The molecule has 0 radical (unpaired) electrons. The summed E-state index contributed by atoms with van der Waals surface area (Å²) in [6, 6.07) is 4.28. The maximum Gasteiger partial charge on any atom is 0.275 e. The van der Waals surface area contributed by atoms with E-state index >= 15 is 0 Å². The van der Waals surface area contributed by atoms with E-state index in [0.29, 0.717) is 18.0 Å². The van der Waals surface area contributed by atoms with Crippen molar-refractivity contribution >= 4 is 11.4 Å². The Kier molecular flexibility index (Phi) is 3.24. The molecule has 0 aliphatic rings. The van der Waals surface area contributed by atoms with Crippen LogP contribution >= 0.6 is 0 Å². The molecule has 0 aliphatic heterocycles. The minimum Gasteiger partial charge on any atom is -0.494 e. The van der Waals surface area contributed by atoms with Crippen molar-refractivity contribution in [1.29, 1.82) is 0 Å². The minimum absolute atomic E-state index is 0.0519. The van der Waals surface area contributed by atoms with Crippen LogP contribution in [0.2, 0.25) is 0 Å². The standard InChI is InChI=1S/C8H11N3O3/c1-2-14-8-4-6(10-9)3-7(5-8)11(12)13/h3-5,10H,2,9H2,1H3. The lowest BCUT2D eigenvalue weighted by molar-refractivity contribution is -0.384. The topological polar surface area (TPSA) is 90.4 Å². The Hall–Kier alpha value is -1.82. The van der Waals surface area contributed by atoms with Gasteiger partial charge in [0.25, 0.3) is 5.69 Å². The molecule has 0 unspecified atom stereocenters. The minimum atomic E-state index is -0.497. The van der Waals surface area contributed by atoms with E-state index in [1.807, 2.05) is 0 Å². The number of hydrogen-bond donors (Lipinski definition) is 2. The lowest BCUT2D eigenvalue weighted by Gasteiger charge is -2.05. The molecule has 0 heterocycles. The molecule has 0 atom stereocenters. The third-order valence-electron chi connectivity index (χ3n) is 1.58. The Labute approximate surface area is 80.8 Å². The number of nitrogens with one attached hydrogen (secondary N) is 1. The highest BCUT2D eigenvalue weighted by molar-refractivity contribution is 5.55. The van der Waals surface area contributed by atoms with E-state index in [9.17, 15) is 10.1 Å². The number of non-ortho nitro benzene ring substituents is 1. The van der Waals surface area contributed by atoms with Gasteiger partial charge in [0.2, 0.25) is 0 Å². The van der Waals surface area contributed by atoms with Crippen molar-refractivity contribution in [3.05, 3.63) is 28.3 Å². The molecule has 0 aromatic heterocycles. The van der Waals surface area contributed by atoms with Gasteiger partial charge in [-0.3, -0.25) is 16.0 Å². The van der Waals surface area contributed by atoms with Crippen LogP contribution in [0.3, 0.4) is 0 Å². The van der Waals surface area contributed by atoms with Crippen LogP contribution in [0, 0.1) is 10.1 Å². The molecule has 1 aromatic carbocycles. The van der Waals surface area contributed by atoms with E-state index in [2.05, 4.69) is 5.43 Å². The molecular weight excluding hydrogens is 186 g/mol. The molecule has 0 fully saturated rings. The average molecular weight is 197 g/mol. The zero-order valence-electron chi connectivity index (χ0n) is 7.69. The molecule has 76 valence electrons. The van der Waals surface area contributed by atoms with E-state index in [4.69, 9.17) is 10.6 Å². The van der Waals surface area contributed by atoms with Gasteiger partial charge in [0, 0.05) is 12.1 Å². The molecular formula is C8H11N3O3. The van der Waals surface area contributed by atoms with Gasteiger partial charge < -0.3 is 10.2 Å². The van der Waals surface area contributed by atoms with E-state index in [0.717, 1.165) is 0 Å². The predicted octanol–water partition coefficient (Wildman–Crippen LogP) is 1.28. The molecule has 14 heavy (non-hydrogen) atoms. The van der Waals surface area contributed by atoms with Crippen molar-refractivity contribution in [3.63, 3.8) is 0 Å². The number of nitro benzene ring substituents is 1. The number of anilines is 1. The summed E-state index contributed by atoms with van der Waals surface area (Å²) in [6.45, 7) is 2.25. The van der Waals surface area contributed by atoms with Crippen molar-refractivity contribution < 1.29 is 9.66 Å². The van der Waals surface area contributed by atoms with E-state index in [-0.39, 0.29) is 5.69 Å². The fourth-order valence-electron chi connectivity index (χ4n) is 1.02. The van der Waals surface area contributed by atoms with Crippen molar-refractivity contribution in [3.8, 4) is 5.75 Å². The van der Waals surface area contributed by atoms with Gasteiger partial charge in [0.15, 0.2) is 0 Å². The Balaban J connectivity index is 3.06. The van der Waals surface area contributed by atoms with Crippen LogP contribution in [0.5, 0.6) is 5.75 Å². The molecule has 6 nitrogen and oxygen atoms in total. The molecule has 1 rings (SSSR count). The largest absolute Gasteiger partial charge is 0.494 e. The molecule has 0 saturated carbocycles. The number of nitrogens with zero attached hydrogens (tertiary/aromatic N) is 1. The highest BCUT2D eigenvalue weighted by Crippen LogP contribution is 2.25. The fourth-order valence-corrected chi connectivity index (χ4v) is 1.02. The van der Waals surface area contributed by atoms with Gasteiger partial charge in [-0.25, -0.2) is 0 Å². The number of benzene rings is 1. The SMILES string of the molecule is CCOc1cc(NN)cc([N+](=O)[O-])c1. The Morgan fingerprint density at radius 3 is 2.79 bits per heavy atom. The normalized spacial score (nSPS) is 9.57. The van der Waals surface area contributed by atoms with Crippen LogP contribution in [0.25, 0.3) is 0 Å². The van der Waals surface area contributed by atoms with E-state index in [1.165, 1.54) is 12.1 Å². The summed E-state index contributed by atoms with van der Waals surface area (Å²) in [5, 5.41) is 10.5. The number of ether oxygens (including phenoxy) is 1. The molecule has 0 aliphatic carbocycles. The third-order valence-corrected chi connectivity index (χ3v) is 1.58. The fraction of sp³-hybridized carbons (Fsp3) is 0.250. The molecule has 3 N–H and O–H groups in total.